The molecule has 1 rings (SSSR count). The third-order valence-corrected chi connectivity index (χ3v) is 2.70. The lowest BCUT2D eigenvalue weighted by atomic mass is 10.1. The molecular formula is C13H17F2NO4. The van der Waals surface area contributed by atoms with Crippen molar-refractivity contribution in [3.05, 3.63) is 29.8 Å². The third-order valence-electron chi connectivity index (χ3n) is 2.70. The van der Waals surface area contributed by atoms with Crippen molar-refractivity contribution < 1.29 is 28.2 Å². The van der Waals surface area contributed by atoms with Crippen molar-refractivity contribution >= 4 is 5.97 Å². The van der Waals surface area contributed by atoms with Gasteiger partial charge in [0.2, 0.25) is 0 Å². The molecular weight excluding hydrogens is 272 g/mol. The summed E-state index contributed by atoms with van der Waals surface area (Å²) in [5.41, 5.74) is 0.809. The molecule has 2 N–H and O–H groups in total. The van der Waals surface area contributed by atoms with Crippen LogP contribution in [0.3, 0.4) is 0 Å². The van der Waals surface area contributed by atoms with Gasteiger partial charge in [-0.05, 0) is 24.6 Å². The molecule has 0 saturated carbocycles. The van der Waals surface area contributed by atoms with Crippen LogP contribution in [0.25, 0.3) is 0 Å². The minimum absolute atomic E-state index is 0.0309. The molecule has 0 spiro atoms. The third kappa shape index (κ3) is 5.10. The first-order chi connectivity index (χ1) is 9.43. The van der Waals surface area contributed by atoms with E-state index in [1.165, 1.54) is 19.2 Å². The lowest BCUT2D eigenvalue weighted by Gasteiger charge is -2.16. The monoisotopic (exact) mass is 289 g/mol. The van der Waals surface area contributed by atoms with Crippen LogP contribution in [0.4, 0.5) is 8.78 Å². The summed E-state index contributed by atoms with van der Waals surface area (Å²) in [6.07, 6.45) is -1.25. The maximum atomic E-state index is 12.0. The number of aliphatic hydroxyl groups excluding tert-OH is 1. The quantitative estimate of drug-likeness (QED) is 0.744. The van der Waals surface area contributed by atoms with Crippen molar-refractivity contribution in [2.45, 2.75) is 25.7 Å². The van der Waals surface area contributed by atoms with Gasteiger partial charge in [0.05, 0.1) is 7.11 Å². The number of hydrogen-bond donors (Lipinski definition) is 2. The van der Waals surface area contributed by atoms with E-state index in [9.17, 15) is 18.7 Å². The molecule has 5 nitrogen and oxygen atoms in total. The van der Waals surface area contributed by atoms with E-state index in [0.717, 1.165) is 5.56 Å². The molecule has 0 heterocycles. The topological polar surface area (TPSA) is 67.8 Å². The fourth-order valence-electron chi connectivity index (χ4n) is 1.56. The first-order valence-electron chi connectivity index (χ1n) is 5.98. The van der Waals surface area contributed by atoms with E-state index in [1.54, 1.807) is 12.1 Å². The predicted octanol–water partition coefficient (Wildman–Crippen LogP) is 1.47. The van der Waals surface area contributed by atoms with E-state index in [0.29, 0.717) is 0 Å². The summed E-state index contributed by atoms with van der Waals surface area (Å²) in [6.45, 7) is -1.01. The van der Waals surface area contributed by atoms with E-state index in [4.69, 9.17) is 0 Å². The Morgan fingerprint density at radius 2 is 1.95 bits per heavy atom. The van der Waals surface area contributed by atoms with E-state index < -0.39 is 18.7 Å². The molecule has 1 aromatic rings. The molecule has 0 saturated heterocycles. The number of aliphatic hydroxyl groups is 1. The summed E-state index contributed by atoms with van der Waals surface area (Å²) in [4.78, 5) is 11.0. The number of methoxy groups -OCH3 is 1. The van der Waals surface area contributed by atoms with Crippen molar-refractivity contribution in [3.8, 4) is 5.75 Å². The van der Waals surface area contributed by atoms with Crippen LogP contribution in [-0.2, 0) is 9.53 Å². The first kappa shape index (κ1) is 16.3. The van der Waals surface area contributed by atoms with Gasteiger partial charge in [-0.3, -0.25) is 0 Å². The lowest BCUT2D eigenvalue weighted by Crippen LogP contribution is -2.35. The molecule has 1 aromatic carbocycles. The molecule has 0 aliphatic rings. The van der Waals surface area contributed by atoms with E-state index >= 15 is 0 Å². The van der Waals surface area contributed by atoms with Crippen LogP contribution < -0.4 is 10.1 Å². The largest absolute Gasteiger partial charge is 0.467 e. The molecule has 112 valence electrons. The lowest BCUT2D eigenvalue weighted by molar-refractivity contribution is -0.150. The maximum absolute atomic E-state index is 12.0. The Morgan fingerprint density at radius 3 is 2.45 bits per heavy atom. The minimum atomic E-state index is -2.85. The van der Waals surface area contributed by atoms with Crippen LogP contribution in [0, 0.1) is 0 Å². The number of ether oxygens (including phenoxy) is 2. The Kier molecular flexibility index (Phi) is 6.33. The highest BCUT2D eigenvalue weighted by Gasteiger charge is 2.16. The SMILES string of the molecule is COC(=O)C(O)CNC(C)c1ccc(OC(F)F)cc1. The van der Waals surface area contributed by atoms with Gasteiger partial charge < -0.3 is 19.9 Å². The zero-order valence-corrected chi connectivity index (χ0v) is 11.2. The smallest absolute Gasteiger partial charge is 0.387 e. The number of halogens is 2. The van der Waals surface area contributed by atoms with Gasteiger partial charge in [-0.2, -0.15) is 8.78 Å². The average molecular weight is 289 g/mol. The van der Waals surface area contributed by atoms with Gasteiger partial charge >= 0.3 is 12.6 Å². The van der Waals surface area contributed by atoms with E-state index in [-0.39, 0.29) is 18.3 Å². The highest BCUT2D eigenvalue weighted by Crippen LogP contribution is 2.19. The molecule has 0 aromatic heterocycles. The predicted molar refractivity (Wildman–Crippen MR) is 67.5 cm³/mol. The summed E-state index contributed by atoms with van der Waals surface area (Å²) >= 11 is 0. The second-order valence-electron chi connectivity index (χ2n) is 4.12. The Labute approximate surface area is 115 Å². The van der Waals surface area contributed by atoms with Crippen LogP contribution in [0.5, 0.6) is 5.75 Å². The molecule has 7 heteroatoms. The second-order valence-corrected chi connectivity index (χ2v) is 4.12. The Balaban J connectivity index is 2.51. The maximum Gasteiger partial charge on any atom is 0.387 e. The summed E-state index contributed by atoms with van der Waals surface area (Å²) < 4.78 is 32.6. The first-order valence-corrected chi connectivity index (χ1v) is 5.98. The number of esters is 1. The molecule has 0 radical (unpaired) electrons. The minimum Gasteiger partial charge on any atom is -0.467 e. The average Bonchev–Trinajstić information content (AvgIpc) is 2.43. The van der Waals surface area contributed by atoms with Gasteiger partial charge in [0.1, 0.15) is 5.75 Å². The van der Waals surface area contributed by atoms with Crippen molar-refractivity contribution in [1.29, 1.82) is 0 Å². The molecule has 2 unspecified atom stereocenters. The van der Waals surface area contributed by atoms with Crippen molar-refractivity contribution in [2.75, 3.05) is 13.7 Å². The molecule has 0 aliphatic heterocycles. The zero-order chi connectivity index (χ0) is 15.1. The normalized spacial score (nSPS) is 13.9. The molecule has 0 bridgehead atoms. The fraction of sp³-hybridized carbons (Fsp3) is 0.462. The van der Waals surface area contributed by atoms with Crippen molar-refractivity contribution in [1.82, 2.24) is 5.32 Å². The number of rotatable bonds is 7. The molecule has 2 atom stereocenters. The molecule has 0 fully saturated rings. The second kappa shape index (κ2) is 7.76. The number of alkyl halides is 2. The summed E-state index contributed by atoms with van der Waals surface area (Å²) in [6, 6.07) is 5.93. The number of carbonyl (C=O) groups is 1. The molecule has 0 amide bonds. The van der Waals surface area contributed by atoms with Gasteiger partial charge in [0.25, 0.3) is 0 Å². The fourth-order valence-corrected chi connectivity index (χ4v) is 1.56. The van der Waals surface area contributed by atoms with Gasteiger partial charge in [-0.1, -0.05) is 12.1 Å². The van der Waals surface area contributed by atoms with Gasteiger partial charge in [0, 0.05) is 12.6 Å². The number of nitrogens with one attached hydrogen (secondary N) is 1. The van der Waals surface area contributed by atoms with Crippen LogP contribution >= 0.6 is 0 Å². The number of hydrogen-bond acceptors (Lipinski definition) is 5. The Bertz CT molecular complexity index is 425. The van der Waals surface area contributed by atoms with Crippen molar-refractivity contribution in [3.63, 3.8) is 0 Å². The zero-order valence-electron chi connectivity index (χ0n) is 11.2. The van der Waals surface area contributed by atoms with Crippen LogP contribution in [0.2, 0.25) is 0 Å². The standard InChI is InChI=1S/C13H17F2NO4/c1-8(16-7-11(17)12(18)19-2)9-3-5-10(6-4-9)20-13(14)15/h3-6,8,11,13,16-17H,7H2,1-2H3. The van der Waals surface area contributed by atoms with Crippen LogP contribution in [0.15, 0.2) is 24.3 Å². The number of benzene rings is 1. The van der Waals surface area contributed by atoms with E-state index in [2.05, 4.69) is 14.8 Å². The summed E-state index contributed by atoms with van der Waals surface area (Å²) in [7, 11) is 1.19. The summed E-state index contributed by atoms with van der Waals surface area (Å²) in [5, 5.41) is 12.4. The highest BCUT2D eigenvalue weighted by atomic mass is 19.3. The van der Waals surface area contributed by atoms with Gasteiger partial charge in [0.15, 0.2) is 6.10 Å². The highest BCUT2D eigenvalue weighted by molar-refractivity contribution is 5.74. The van der Waals surface area contributed by atoms with Crippen LogP contribution in [0.1, 0.15) is 18.5 Å². The van der Waals surface area contributed by atoms with Gasteiger partial charge in [-0.15, -0.1) is 0 Å². The van der Waals surface area contributed by atoms with Crippen LogP contribution in [-0.4, -0.2) is 37.4 Å². The summed E-state index contributed by atoms with van der Waals surface area (Å²) in [5.74, 6) is -0.643. The van der Waals surface area contributed by atoms with Crippen molar-refractivity contribution in [2.24, 2.45) is 0 Å². The van der Waals surface area contributed by atoms with E-state index in [1.807, 2.05) is 6.92 Å². The Morgan fingerprint density at radius 1 is 1.35 bits per heavy atom. The molecule has 20 heavy (non-hydrogen) atoms. The number of carbonyl (C=O) groups excluding carboxylic acids is 1. The van der Waals surface area contributed by atoms with Gasteiger partial charge in [-0.25, -0.2) is 4.79 Å². The molecule has 0 aliphatic carbocycles. The Hall–Kier alpha value is -1.73.